The minimum Gasteiger partial charge on any atom is -0.392 e. The number of benzene rings is 1. The zero-order valence-electron chi connectivity index (χ0n) is 12.4. The van der Waals surface area contributed by atoms with Crippen molar-refractivity contribution < 1.29 is 13.5 Å². The van der Waals surface area contributed by atoms with Crippen LogP contribution in [-0.4, -0.2) is 30.9 Å². The number of aryl methyl sites for hydroxylation is 1. The first-order chi connectivity index (χ1) is 9.36. The second-order valence-corrected chi connectivity index (χ2v) is 7.71. The fourth-order valence-electron chi connectivity index (χ4n) is 2.76. The van der Waals surface area contributed by atoms with Crippen LogP contribution in [0.4, 0.5) is 0 Å². The van der Waals surface area contributed by atoms with Crippen LogP contribution in [0.15, 0.2) is 17.0 Å². The van der Waals surface area contributed by atoms with Gasteiger partial charge in [0.15, 0.2) is 0 Å². The molecular formula is C15H23NO3S. The average Bonchev–Trinajstić information content (AvgIpc) is 2.41. The van der Waals surface area contributed by atoms with Gasteiger partial charge in [0.25, 0.3) is 0 Å². The second kappa shape index (κ2) is 5.84. The summed E-state index contributed by atoms with van der Waals surface area (Å²) in [5, 5.41) is 9.29. The number of sulfonamides is 1. The quantitative estimate of drug-likeness (QED) is 0.930. The van der Waals surface area contributed by atoms with Crippen molar-refractivity contribution in [3.8, 4) is 0 Å². The predicted molar refractivity (Wildman–Crippen MR) is 79.0 cm³/mol. The summed E-state index contributed by atoms with van der Waals surface area (Å²) < 4.78 is 27.2. The van der Waals surface area contributed by atoms with Crippen molar-refractivity contribution in [1.82, 2.24) is 4.31 Å². The molecule has 1 aromatic rings. The molecule has 1 aromatic carbocycles. The van der Waals surface area contributed by atoms with Gasteiger partial charge in [-0.25, -0.2) is 8.42 Å². The summed E-state index contributed by atoms with van der Waals surface area (Å²) in [6.07, 6.45) is 2.00. The SMILES string of the molecule is Cc1cc(CO)cc(S(=O)(=O)N2CCCC(C)C2)c1C. The summed E-state index contributed by atoms with van der Waals surface area (Å²) in [6, 6.07) is 3.45. The summed E-state index contributed by atoms with van der Waals surface area (Å²) in [4.78, 5) is 0.343. The molecule has 1 N–H and O–H groups in total. The molecule has 5 heteroatoms. The molecule has 0 saturated carbocycles. The van der Waals surface area contributed by atoms with Crippen molar-refractivity contribution in [2.24, 2.45) is 5.92 Å². The molecule has 4 nitrogen and oxygen atoms in total. The zero-order chi connectivity index (χ0) is 14.9. The van der Waals surface area contributed by atoms with Crippen LogP contribution in [0.5, 0.6) is 0 Å². The van der Waals surface area contributed by atoms with E-state index in [1.54, 1.807) is 10.4 Å². The van der Waals surface area contributed by atoms with Gasteiger partial charge in [-0.3, -0.25) is 0 Å². The maximum absolute atomic E-state index is 12.8. The number of aliphatic hydroxyl groups is 1. The third-order valence-electron chi connectivity index (χ3n) is 4.10. The molecule has 112 valence electrons. The Morgan fingerprint density at radius 3 is 2.65 bits per heavy atom. The van der Waals surface area contributed by atoms with Crippen molar-refractivity contribution in [2.45, 2.75) is 45.1 Å². The van der Waals surface area contributed by atoms with Crippen LogP contribution in [-0.2, 0) is 16.6 Å². The maximum atomic E-state index is 12.8. The number of hydrogen-bond acceptors (Lipinski definition) is 3. The molecule has 1 aliphatic heterocycles. The van der Waals surface area contributed by atoms with Crippen molar-refractivity contribution >= 4 is 10.0 Å². The van der Waals surface area contributed by atoms with E-state index in [2.05, 4.69) is 6.92 Å². The lowest BCUT2D eigenvalue weighted by molar-refractivity contribution is 0.279. The Hall–Kier alpha value is -0.910. The number of piperidine rings is 1. The molecule has 1 fully saturated rings. The van der Waals surface area contributed by atoms with Gasteiger partial charge in [-0.15, -0.1) is 0 Å². The van der Waals surface area contributed by atoms with Crippen molar-refractivity contribution in [2.75, 3.05) is 13.1 Å². The molecule has 1 atom stereocenters. The van der Waals surface area contributed by atoms with Gasteiger partial charge in [0.05, 0.1) is 11.5 Å². The van der Waals surface area contributed by atoms with Gasteiger partial charge in [-0.05, 0) is 55.4 Å². The zero-order valence-corrected chi connectivity index (χ0v) is 13.2. The van der Waals surface area contributed by atoms with E-state index in [4.69, 9.17) is 0 Å². The molecule has 0 radical (unpaired) electrons. The Morgan fingerprint density at radius 2 is 2.05 bits per heavy atom. The van der Waals surface area contributed by atoms with E-state index in [0.29, 0.717) is 29.5 Å². The lowest BCUT2D eigenvalue weighted by atomic mass is 10.0. The third-order valence-corrected chi connectivity index (χ3v) is 6.09. The largest absolute Gasteiger partial charge is 0.392 e. The standard InChI is InChI=1S/C15H23NO3S/c1-11-5-4-6-16(9-11)20(18,19)15-8-14(10-17)7-12(2)13(15)3/h7-8,11,17H,4-6,9-10H2,1-3H3. The van der Waals surface area contributed by atoms with Crippen LogP contribution >= 0.6 is 0 Å². The minimum atomic E-state index is -3.46. The van der Waals surface area contributed by atoms with Crippen LogP contribution in [0, 0.1) is 19.8 Å². The number of nitrogens with zero attached hydrogens (tertiary/aromatic N) is 1. The van der Waals surface area contributed by atoms with Crippen molar-refractivity contribution in [1.29, 1.82) is 0 Å². The first kappa shape index (κ1) is 15.5. The minimum absolute atomic E-state index is 0.139. The van der Waals surface area contributed by atoms with Crippen LogP contribution in [0.25, 0.3) is 0 Å². The summed E-state index contributed by atoms with van der Waals surface area (Å²) in [6.45, 7) is 6.84. The molecule has 1 saturated heterocycles. The second-order valence-electron chi connectivity index (χ2n) is 5.80. The van der Waals surface area contributed by atoms with Gasteiger partial charge in [-0.2, -0.15) is 4.31 Å². The Bertz CT molecular complexity index is 595. The molecule has 0 aliphatic carbocycles. The van der Waals surface area contributed by atoms with Gasteiger partial charge in [0, 0.05) is 13.1 Å². The van der Waals surface area contributed by atoms with E-state index in [-0.39, 0.29) is 6.61 Å². The van der Waals surface area contributed by atoms with E-state index >= 15 is 0 Å². The van der Waals surface area contributed by atoms with Crippen LogP contribution in [0.3, 0.4) is 0 Å². The smallest absolute Gasteiger partial charge is 0.243 e. The van der Waals surface area contributed by atoms with E-state index in [0.717, 1.165) is 24.0 Å². The van der Waals surface area contributed by atoms with Gasteiger partial charge in [0.2, 0.25) is 10.0 Å². The molecule has 0 spiro atoms. The monoisotopic (exact) mass is 297 g/mol. The molecule has 0 bridgehead atoms. The summed E-state index contributed by atoms with van der Waals surface area (Å²) >= 11 is 0. The Morgan fingerprint density at radius 1 is 1.35 bits per heavy atom. The maximum Gasteiger partial charge on any atom is 0.243 e. The van der Waals surface area contributed by atoms with E-state index in [1.807, 2.05) is 19.9 Å². The Balaban J connectivity index is 2.46. The molecule has 0 amide bonds. The Kier molecular flexibility index (Phi) is 4.52. The Labute approximate surface area is 121 Å². The topological polar surface area (TPSA) is 57.6 Å². The normalized spacial score (nSPS) is 21.1. The highest BCUT2D eigenvalue weighted by molar-refractivity contribution is 7.89. The summed E-state index contributed by atoms with van der Waals surface area (Å²) in [5.74, 6) is 0.404. The first-order valence-electron chi connectivity index (χ1n) is 7.07. The lowest BCUT2D eigenvalue weighted by Crippen LogP contribution is -2.39. The van der Waals surface area contributed by atoms with Gasteiger partial charge in [0.1, 0.15) is 0 Å². The van der Waals surface area contributed by atoms with Crippen molar-refractivity contribution in [3.63, 3.8) is 0 Å². The van der Waals surface area contributed by atoms with E-state index in [9.17, 15) is 13.5 Å². The molecule has 1 unspecified atom stereocenters. The van der Waals surface area contributed by atoms with E-state index < -0.39 is 10.0 Å². The lowest BCUT2D eigenvalue weighted by Gasteiger charge is -2.30. The third kappa shape index (κ3) is 2.90. The van der Waals surface area contributed by atoms with Crippen LogP contribution in [0.2, 0.25) is 0 Å². The fraction of sp³-hybridized carbons (Fsp3) is 0.600. The molecule has 1 aliphatic rings. The molecule has 0 aromatic heterocycles. The summed E-state index contributed by atoms with van der Waals surface area (Å²) in [7, 11) is -3.46. The molecular weight excluding hydrogens is 274 g/mol. The number of hydrogen-bond donors (Lipinski definition) is 1. The highest BCUT2D eigenvalue weighted by Gasteiger charge is 2.30. The van der Waals surface area contributed by atoms with Crippen molar-refractivity contribution in [3.05, 3.63) is 28.8 Å². The molecule has 20 heavy (non-hydrogen) atoms. The van der Waals surface area contributed by atoms with Crippen LogP contribution < -0.4 is 0 Å². The van der Waals surface area contributed by atoms with Crippen LogP contribution in [0.1, 0.15) is 36.5 Å². The summed E-state index contributed by atoms with van der Waals surface area (Å²) in [5.41, 5.74) is 2.33. The highest BCUT2D eigenvalue weighted by atomic mass is 32.2. The first-order valence-corrected chi connectivity index (χ1v) is 8.51. The molecule has 1 heterocycles. The van der Waals surface area contributed by atoms with Gasteiger partial charge in [-0.1, -0.05) is 13.0 Å². The average molecular weight is 297 g/mol. The number of rotatable bonds is 3. The molecule has 2 rings (SSSR count). The predicted octanol–water partition coefficient (Wildman–Crippen LogP) is 2.22. The van der Waals surface area contributed by atoms with Gasteiger partial charge >= 0.3 is 0 Å². The highest BCUT2D eigenvalue weighted by Crippen LogP contribution is 2.27. The van der Waals surface area contributed by atoms with Gasteiger partial charge < -0.3 is 5.11 Å². The number of aliphatic hydroxyl groups excluding tert-OH is 1. The fourth-order valence-corrected chi connectivity index (χ4v) is 4.71. The van der Waals surface area contributed by atoms with E-state index in [1.165, 1.54) is 0 Å².